The largest absolute Gasteiger partial charge is 0.352 e. The Morgan fingerprint density at radius 2 is 1.60 bits per heavy atom. The topological polar surface area (TPSA) is 55.1 Å². The van der Waals surface area contributed by atoms with Crippen molar-refractivity contribution < 1.29 is 4.79 Å². The summed E-state index contributed by atoms with van der Waals surface area (Å²) in [6, 6.07) is 0.420. The van der Waals surface area contributed by atoms with Crippen LogP contribution in [0.4, 0.5) is 0 Å². The molecule has 2 unspecified atom stereocenters. The van der Waals surface area contributed by atoms with E-state index in [2.05, 4.69) is 12.2 Å². The molecule has 0 bridgehead atoms. The Bertz CT molecular complexity index is 255. The number of hydrogen-bond donors (Lipinski definition) is 2. The number of nitrogens with two attached hydrogens (primary N) is 1. The van der Waals surface area contributed by atoms with Crippen LogP contribution in [0.5, 0.6) is 0 Å². The van der Waals surface area contributed by atoms with E-state index in [0.29, 0.717) is 6.42 Å². The van der Waals surface area contributed by atoms with Crippen LogP contribution in [0.3, 0.4) is 0 Å². The van der Waals surface area contributed by atoms with Crippen LogP contribution in [0.25, 0.3) is 0 Å². The highest BCUT2D eigenvalue weighted by molar-refractivity contribution is 5.76. The maximum absolute atomic E-state index is 11.8. The summed E-state index contributed by atoms with van der Waals surface area (Å²) in [5.41, 5.74) is 5.96. The molecule has 1 aliphatic rings. The Morgan fingerprint density at radius 1 is 1.00 bits per heavy atom. The molecule has 0 saturated heterocycles. The van der Waals surface area contributed by atoms with Crippen molar-refractivity contribution in [3.05, 3.63) is 0 Å². The highest BCUT2D eigenvalue weighted by atomic mass is 16.1. The fourth-order valence-corrected chi connectivity index (χ4v) is 3.04. The van der Waals surface area contributed by atoms with Gasteiger partial charge >= 0.3 is 0 Å². The molecule has 0 aliphatic heterocycles. The third-order valence-electron chi connectivity index (χ3n) is 4.42. The van der Waals surface area contributed by atoms with Crippen LogP contribution in [-0.2, 0) is 4.79 Å². The highest BCUT2D eigenvalue weighted by Gasteiger charge is 2.24. The van der Waals surface area contributed by atoms with Gasteiger partial charge in [0.2, 0.25) is 5.91 Å². The van der Waals surface area contributed by atoms with Crippen molar-refractivity contribution in [2.45, 2.75) is 102 Å². The number of carbonyl (C=O) groups is 1. The number of nitrogens with one attached hydrogen (secondary N) is 1. The van der Waals surface area contributed by atoms with Gasteiger partial charge in [0.1, 0.15) is 0 Å². The van der Waals surface area contributed by atoms with E-state index >= 15 is 0 Å². The van der Waals surface area contributed by atoms with E-state index in [-0.39, 0.29) is 18.0 Å². The molecule has 0 radical (unpaired) electrons. The first-order chi connectivity index (χ1) is 9.74. The molecule has 2 atom stereocenters. The van der Waals surface area contributed by atoms with Crippen LogP contribution < -0.4 is 11.1 Å². The summed E-state index contributed by atoms with van der Waals surface area (Å²) < 4.78 is 0. The average molecular weight is 282 g/mol. The predicted octanol–water partition coefficient (Wildman–Crippen LogP) is 3.90. The number of amides is 1. The number of carbonyl (C=O) groups excluding carboxylic acids is 1. The van der Waals surface area contributed by atoms with Crippen molar-refractivity contribution in [1.82, 2.24) is 5.32 Å². The Labute approximate surface area is 125 Å². The molecule has 0 aromatic carbocycles. The molecule has 0 spiro atoms. The van der Waals surface area contributed by atoms with Gasteiger partial charge in [-0.25, -0.2) is 0 Å². The van der Waals surface area contributed by atoms with Gasteiger partial charge in [0.15, 0.2) is 0 Å². The van der Waals surface area contributed by atoms with E-state index in [9.17, 15) is 4.79 Å². The number of hydrogen-bond acceptors (Lipinski definition) is 2. The van der Waals surface area contributed by atoms with E-state index in [1.807, 2.05) is 0 Å². The van der Waals surface area contributed by atoms with Crippen molar-refractivity contribution in [2.24, 2.45) is 5.73 Å². The van der Waals surface area contributed by atoms with Gasteiger partial charge in [0, 0.05) is 18.5 Å². The van der Waals surface area contributed by atoms with Crippen molar-refractivity contribution in [3.63, 3.8) is 0 Å². The van der Waals surface area contributed by atoms with Crippen molar-refractivity contribution >= 4 is 5.91 Å². The third kappa shape index (κ3) is 7.88. The first-order valence-electron chi connectivity index (χ1n) is 8.79. The fraction of sp³-hybridized carbons (Fsp3) is 0.941. The van der Waals surface area contributed by atoms with E-state index in [0.717, 1.165) is 25.7 Å². The minimum atomic E-state index is 0.182. The molecular formula is C17H34N2O. The molecule has 0 heterocycles. The Balaban J connectivity index is 1.87. The van der Waals surface area contributed by atoms with Gasteiger partial charge in [0.25, 0.3) is 0 Å². The van der Waals surface area contributed by atoms with E-state index in [1.54, 1.807) is 0 Å². The molecule has 3 heteroatoms. The molecule has 118 valence electrons. The summed E-state index contributed by atoms with van der Waals surface area (Å²) in [6.07, 6.45) is 15.6. The van der Waals surface area contributed by atoms with Crippen LogP contribution in [0.15, 0.2) is 0 Å². The first kappa shape index (κ1) is 17.5. The summed E-state index contributed by atoms with van der Waals surface area (Å²) in [7, 11) is 0. The Hall–Kier alpha value is -0.570. The van der Waals surface area contributed by atoms with E-state index in [1.165, 1.54) is 51.4 Å². The predicted molar refractivity (Wildman–Crippen MR) is 85.6 cm³/mol. The van der Waals surface area contributed by atoms with Gasteiger partial charge in [-0.15, -0.1) is 0 Å². The Morgan fingerprint density at radius 3 is 2.15 bits per heavy atom. The minimum Gasteiger partial charge on any atom is -0.352 e. The lowest BCUT2D eigenvalue weighted by Gasteiger charge is -2.17. The van der Waals surface area contributed by atoms with Gasteiger partial charge in [0.05, 0.1) is 0 Å². The van der Waals surface area contributed by atoms with Crippen LogP contribution >= 0.6 is 0 Å². The van der Waals surface area contributed by atoms with Gasteiger partial charge in [-0.2, -0.15) is 0 Å². The van der Waals surface area contributed by atoms with Crippen molar-refractivity contribution in [2.75, 3.05) is 0 Å². The van der Waals surface area contributed by atoms with Crippen LogP contribution in [-0.4, -0.2) is 18.0 Å². The zero-order chi connectivity index (χ0) is 14.6. The maximum Gasteiger partial charge on any atom is 0.220 e. The van der Waals surface area contributed by atoms with Crippen molar-refractivity contribution in [1.29, 1.82) is 0 Å². The van der Waals surface area contributed by atoms with Crippen LogP contribution in [0, 0.1) is 0 Å². The van der Waals surface area contributed by atoms with Crippen molar-refractivity contribution in [3.8, 4) is 0 Å². The van der Waals surface area contributed by atoms with E-state index in [4.69, 9.17) is 5.73 Å². The quantitative estimate of drug-likeness (QED) is 0.565. The van der Waals surface area contributed by atoms with Gasteiger partial charge in [-0.05, 0) is 25.7 Å². The Kier molecular flexibility index (Phi) is 9.73. The third-order valence-corrected chi connectivity index (χ3v) is 4.42. The summed E-state index contributed by atoms with van der Waals surface area (Å²) in [4.78, 5) is 11.8. The summed E-state index contributed by atoms with van der Waals surface area (Å²) >= 11 is 0. The first-order valence-corrected chi connectivity index (χ1v) is 8.79. The zero-order valence-electron chi connectivity index (χ0n) is 13.3. The zero-order valence-corrected chi connectivity index (χ0v) is 13.3. The lowest BCUT2D eigenvalue weighted by molar-refractivity contribution is -0.122. The van der Waals surface area contributed by atoms with Gasteiger partial charge < -0.3 is 11.1 Å². The van der Waals surface area contributed by atoms with Crippen LogP contribution in [0.2, 0.25) is 0 Å². The molecule has 3 nitrogen and oxygen atoms in total. The van der Waals surface area contributed by atoms with Crippen LogP contribution in [0.1, 0.15) is 90.4 Å². The molecule has 3 N–H and O–H groups in total. The van der Waals surface area contributed by atoms with E-state index < -0.39 is 0 Å². The highest BCUT2D eigenvalue weighted by Crippen LogP contribution is 2.17. The SMILES string of the molecule is CCCCCCCCCCCC(=O)NC1CCCC1N. The number of unbranched alkanes of at least 4 members (excludes halogenated alkanes) is 8. The van der Waals surface area contributed by atoms with Gasteiger partial charge in [-0.3, -0.25) is 4.79 Å². The molecule has 20 heavy (non-hydrogen) atoms. The molecule has 0 aromatic rings. The molecule has 1 amide bonds. The second-order valence-electron chi connectivity index (χ2n) is 6.35. The molecule has 0 aromatic heterocycles. The molecule has 1 fully saturated rings. The normalized spacial score (nSPS) is 22.1. The van der Waals surface area contributed by atoms with Gasteiger partial charge in [-0.1, -0.05) is 58.3 Å². The lowest BCUT2D eigenvalue weighted by Crippen LogP contribution is -2.43. The lowest BCUT2D eigenvalue weighted by atomic mass is 10.1. The second-order valence-corrected chi connectivity index (χ2v) is 6.35. The summed E-state index contributed by atoms with van der Waals surface area (Å²) in [6.45, 7) is 2.25. The smallest absolute Gasteiger partial charge is 0.220 e. The molecular weight excluding hydrogens is 248 g/mol. The standard InChI is InChI=1S/C17H34N2O/c1-2-3-4-5-6-7-8-9-10-14-17(20)19-16-13-11-12-15(16)18/h15-16H,2-14,18H2,1H3,(H,19,20). The molecule has 1 rings (SSSR count). The summed E-state index contributed by atoms with van der Waals surface area (Å²) in [5, 5.41) is 3.09. The maximum atomic E-state index is 11.8. The average Bonchev–Trinajstić information content (AvgIpc) is 2.82. The fourth-order valence-electron chi connectivity index (χ4n) is 3.04. The summed E-state index contributed by atoms with van der Waals surface area (Å²) in [5.74, 6) is 0.204. The monoisotopic (exact) mass is 282 g/mol. The second kappa shape index (κ2) is 11.1. The number of rotatable bonds is 11. The molecule has 1 saturated carbocycles. The molecule has 1 aliphatic carbocycles. The minimum absolute atomic E-state index is 0.182.